The number of Topliss-reactive ketones (excluding diaryl/α,β-unsaturated/α-hetero) is 1. The third kappa shape index (κ3) is 1.55. The Hall–Kier alpha value is -1.58. The molecule has 14 heavy (non-hydrogen) atoms. The minimum Gasteiger partial charge on any atom is -0.495 e. The maximum atomic E-state index is 11.6. The Morgan fingerprint density at radius 1 is 1.57 bits per heavy atom. The number of ether oxygens (including phenoxy) is 1. The number of carbonyl (C=O) groups excluding carboxylic acids is 1. The zero-order chi connectivity index (χ0) is 9.97. The zero-order valence-corrected chi connectivity index (χ0v) is 8.04. The van der Waals surface area contributed by atoms with Gasteiger partial charge in [0.2, 0.25) is 0 Å². The number of pyridine rings is 1. The van der Waals surface area contributed by atoms with Crippen molar-refractivity contribution in [2.24, 2.45) is 0 Å². The first-order chi connectivity index (χ1) is 6.81. The molecule has 0 unspecified atom stereocenters. The van der Waals surface area contributed by atoms with Gasteiger partial charge in [0.05, 0.1) is 19.0 Å². The summed E-state index contributed by atoms with van der Waals surface area (Å²) in [7, 11) is 1.59. The molecule has 0 saturated heterocycles. The fourth-order valence-electron chi connectivity index (χ4n) is 1.50. The molecule has 0 fully saturated rings. The van der Waals surface area contributed by atoms with Gasteiger partial charge >= 0.3 is 0 Å². The lowest BCUT2D eigenvalue weighted by molar-refractivity contribution is 0.0979. The maximum Gasteiger partial charge on any atom is 0.183 e. The predicted octanol–water partition coefficient (Wildman–Crippen LogP) is 1.48. The molecule has 2 rings (SSSR count). The van der Waals surface area contributed by atoms with Crippen LogP contribution in [0.5, 0.6) is 5.75 Å². The molecule has 0 radical (unpaired) electrons. The van der Waals surface area contributed by atoms with Crippen LogP contribution in [0.25, 0.3) is 0 Å². The predicted molar refractivity (Wildman–Crippen MR) is 52.8 cm³/mol. The van der Waals surface area contributed by atoms with E-state index in [2.05, 4.69) is 10.3 Å². The fourth-order valence-corrected chi connectivity index (χ4v) is 1.50. The molecule has 0 amide bonds. The molecule has 1 N–H and O–H groups in total. The Morgan fingerprint density at radius 2 is 2.43 bits per heavy atom. The van der Waals surface area contributed by atoms with Crippen molar-refractivity contribution in [3.8, 4) is 5.75 Å². The number of anilines is 1. The average Bonchev–Trinajstić information content (AvgIpc) is 2.40. The molecule has 74 valence electrons. The van der Waals surface area contributed by atoms with E-state index in [1.165, 1.54) is 0 Å². The van der Waals surface area contributed by atoms with Crippen LogP contribution in [0.2, 0.25) is 0 Å². The van der Waals surface area contributed by atoms with Crippen molar-refractivity contribution >= 4 is 11.5 Å². The van der Waals surface area contributed by atoms with Crippen molar-refractivity contribution < 1.29 is 9.53 Å². The summed E-state index contributed by atoms with van der Waals surface area (Å²) in [5, 5.41) is 3.17. The lowest BCUT2D eigenvalue weighted by Gasteiger charge is -2.07. The number of aromatic nitrogens is 1. The number of methoxy groups -OCH3 is 1. The molecule has 1 aliphatic rings. The van der Waals surface area contributed by atoms with Crippen LogP contribution in [-0.4, -0.2) is 24.4 Å². The van der Waals surface area contributed by atoms with Crippen LogP contribution in [0, 0.1) is 0 Å². The van der Waals surface area contributed by atoms with Crippen molar-refractivity contribution in [2.45, 2.75) is 12.8 Å². The highest BCUT2D eigenvalue weighted by Gasteiger charge is 2.16. The number of hydrogen-bond acceptors (Lipinski definition) is 4. The normalized spacial score (nSPS) is 15.4. The molecule has 0 aromatic carbocycles. The standard InChI is InChI=1S/C10H12N2O2/c1-14-7-5-8-10(12-6-7)9(13)3-2-4-11-8/h5-6,11H,2-4H2,1H3. The van der Waals surface area contributed by atoms with Crippen LogP contribution in [0.15, 0.2) is 12.3 Å². The van der Waals surface area contributed by atoms with E-state index in [4.69, 9.17) is 4.74 Å². The second kappa shape index (κ2) is 3.65. The summed E-state index contributed by atoms with van der Waals surface area (Å²) in [5.41, 5.74) is 1.31. The SMILES string of the molecule is COc1cnc2c(c1)NCCCC2=O. The third-order valence-corrected chi connectivity index (χ3v) is 2.26. The maximum absolute atomic E-state index is 11.6. The molecule has 1 aromatic rings. The first kappa shape index (κ1) is 8.99. The Morgan fingerprint density at radius 3 is 3.21 bits per heavy atom. The second-order valence-corrected chi connectivity index (χ2v) is 3.22. The number of carbonyl (C=O) groups is 1. The topological polar surface area (TPSA) is 51.2 Å². The average molecular weight is 192 g/mol. The molecular weight excluding hydrogens is 180 g/mol. The Balaban J connectivity index is 2.43. The van der Waals surface area contributed by atoms with Crippen LogP contribution in [0.4, 0.5) is 5.69 Å². The highest BCUT2D eigenvalue weighted by Crippen LogP contribution is 2.23. The second-order valence-electron chi connectivity index (χ2n) is 3.22. The van der Waals surface area contributed by atoms with Crippen molar-refractivity contribution in [2.75, 3.05) is 19.0 Å². The molecule has 0 bridgehead atoms. The first-order valence-electron chi connectivity index (χ1n) is 4.62. The van der Waals surface area contributed by atoms with Gasteiger partial charge in [0, 0.05) is 19.0 Å². The van der Waals surface area contributed by atoms with Crippen LogP contribution < -0.4 is 10.1 Å². The smallest absolute Gasteiger partial charge is 0.183 e. The number of nitrogens with zero attached hydrogens (tertiary/aromatic N) is 1. The van der Waals surface area contributed by atoms with Crippen molar-refractivity contribution in [3.05, 3.63) is 18.0 Å². The summed E-state index contributed by atoms with van der Waals surface area (Å²) in [4.78, 5) is 15.7. The summed E-state index contributed by atoms with van der Waals surface area (Å²) in [6.07, 6.45) is 3.00. The largest absolute Gasteiger partial charge is 0.495 e. The summed E-state index contributed by atoms with van der Waals surface area (Å²) >= 11 is 0. The lowest BCUT2D eigenvalue weighted by atomic mass is 10.1. The lowest BCUT2D eigenvalue weighted by Crippen LogP contribution is -2.03. The van der Waals surface area contributed by atoms with E-state index in [0.717, 1.165) is 18.7 Å². The highest BCUT2D eigenvalue weighted by molar-refractivity contribution is 5.99. The molecule has 4 nitrogen and oxygen atoms in total. The molecule has 0 atom stereocenters. The molecular formula is C10H12N2O2. The van der Waals surface area contributed by atoms with E-state index in [1.54, 1.807) is 13.3 Å². The number of ketones is 1. The molecule has 1 aromatic heterocycles. The Labute approximate surface area is 82.3 Å². The van der Waals surface area contributed by atoms with E-state index >= 15 is 0 Å². The summed E-state index contributed by atoms with van der Waals surface area (Å²) in [6.45, 7) is 0.813. The van der Waals surface area contributed by atoms with Gasteiger partial charge in [0.15, 0.2) is 5.78 Å². The van der Waals surface area contributed by atoms with Crippen LogP contribution in [0.3, 0.4) is 0 Å². The molecule has 1 aliphatic heterocycles. The van der Waals surface area contributed by atoms with Gasteiger partial charge in [-0.2, -0.15) is 0 Å². The Kier molecular flexibility index (Phi) is 2.35. The van der Waals surface area contributed by atoms with E-state index < -0.39 is 0 Å². The first-order valence-corrected chi connectivity index (χ1v) is 4.62. The minimum absolute atomic E-state index is 0.104. The van der Waals surface area contributed by atoms with Crippen molar-refractivity contribution in [1.29, 1.82) is 0 Å². The monoisotopic (exact) mass is 192 g/mol. The van der Waals surface area contributed by atoms with E-state index in [9.17, 15) is 4.79 Å². The van der Waals surface area contributed by atoms with Gasteiger partial charge in [0.25, 0.3) is 0 Å². The van der Waals surface area contributed by atoms with Crippen LogP contribution in [0.1, 0.15) is 23.3 Å². The zero-order valence-electron chi connectivity index (χ0n) is 8.04. The molecule has 0 aliphatic carbocycles. The van der Waals surface area contributed by atoms with E-state index in [0.29, 0.717) is 17.9 Å². The highest BCUT2D eigenvalue weighted by atomic mass is 16.5. The molecule has 4 heteroatoms. The van der Waals surface area contributed by atoms with Crippen molar-refractivity contribution in [1.82, 2.24) is 4.98 Å². The van der Waals surface area contributed by atoms with Crippen LogP contribution >= 0.6 is 0 Å². The van der Waals surface area contributed by atoms with Gasteiger partial charge in [-0.05, 0) is 6.42 Å². The minimum atomic E-state index is 0.104. The fraction of sp³-hybridized carbons (Fsp3) is 0.400. The number of fused-ring (bicyclic) bond motifs is 1. The summed E-state index contributed by atoms with van der Waals surface area (Å²) in [5.74, 6) is 0.776. The number of nitrogens with one attached hydrogen (secondary N) is 1. The van der Waals surface area contributed by atoms with Gasteiger partial charge < -0.3 is 10.1 Å². The van der Waals surface area contributed by atoms with Gasteiger partial charge in [-0.3, -0.25) is 4.79 Å². The number of rotatable bonds is 1. The van der Waals surface area contributed by atoms with Gasteiger partial charge in [-0.25, -0.2) is 4.98 Å². The van der Waals surface area contributed by atoms with Gasteiger partial charge in [0.1, 0.15) is 11.4 Å². The molecule has 0 saturated carbocycles. The quantitative estimate of drug-likeness (QED) is 0.732. The van der Waals surface area contributed by atoms with Crippen molar-refractivity contribution in [3.63, 3.8) is 0 Å². The van der Waals surface area contributed by atoms with Gasteiger partial charge in [-0.1, -0.05) is 0 Å². The molecule has 0 spiro atoms. The number of hydrogen-bond donors (Lipinski definition) is 1. The van der Waals surface area contributed by atoms with Crippen LogP contribution in [-0.2, 0) is 0 Å². The summed E-state index contributed by atoms with van der Waals surface area (Å²) < 4.78 is 5.04. The van der Waals surface area contributed by atoms with Gasteiger partial charge in [-0.15, -0.1) is 0 Å². The summed E-state index contributed by atoms with van der Waals surface area (Å²) in [6, 6.07) is 1.81. The third-order valence-electron chi connectivity index (χ3n) is 2.26. The van der Waals surface area contributed by atoms with E-state index in [-0.39, 0.29) is 5.78 Å². The van der Waals surface area contributed by atoms with E-state index in [1.807, 2.05) is 6.07 Å². The Bertz CT molecular complexity index is 363. The molecule has 2 heterocycles.